The predicted molar refractivity (Wildman–Crippen MR) is 113 cm³/mol. The SMILES string of the molecule is Cc1cc(Cn2cc3c(CC(=O)NC[C@@H]4CCCO4)nccc3n2)cnc1OCC(F)(F)F. The number of fused-ring (bicyclic) bond motifs is 1. The summed E-state index contributed by atoms with van der Waals surface area (Å²) in [6.07, 6.45) is 2.61. The number of nitrogens with one attached hydrogen (secondary N) is 1. The van der Waals surface area contributed by atoms with E-state index in [0.717, 1.165) is 30.4 Å². The van der Waals surface area contributed by atoms with E-state index in [9.17, 15) is 18.0 Å². The lowest BCUT2D eigenvalue weighted by Crippen LogP contribution is -2.33. The number of halogens is 3. The molecule has 3 aromatic heterocycles. The Morgan fingerprint density at radius 3 is 2.94 bits per heavy atom. The van der Waals surface area contributed by atoms with Gasteiger partial charge in [0.2, 0.25) is 11.8 Å². The lowest BCUT2D eigenvalue weighted by molar-refractivity contribution is -0.154. The average molecular weight is 463 g/mol. The molecule has 0 unspecified atom stereocenters. The molecule has 4 heterocycles. The van der Waals surface area contributed by atoms with Crippen molar-refractivity contribution in [2.24, 2.45) is 0 Å². The van der Waals surface area contributed by atoms with Crippen LogP contribution in [0.1, 0.15) is 29.7 Å². The summed E-state index contributed by atoms with van der Waals surface area (Å²) >= 11 is 0. The molecule has 0 aliphatic carbocycles. The van der Waals surface area contributed by atoms with Gasteiger partial charge in [0.05, 0.1) is 30.3 Å². The first-order valence-electron chi connectivity index (χ1n) is 10.6. The van der Waals surface area contributed by atoms with Gasteiger partial charge in [-0.15, -0.1) is 0 Å². The molecule has 3 aromatic rings. The first-order valence-corrected chi connectivity index (χ1v) is 10.6. The van der Waals surface area contributed by atoms with Gasteiger partial charge in [-0.1, -0.05) is 0 Å². The number of carbonyl (C=O) groups excluding carboxylic acids is 1. The maximum atomic E-state index is 12.4. The van der Waals surface area contributed by atoms with Crippen LogP contribution in [-0.4, -0.2) is 57.7 Å². The second kappa shape index (κ2) is 9.74. The van der Waals surface area contributed by atoms with Crippen LogP contribution >= 0.6 is 0 Å². The topological polar surface area (TPSA) is 91.2 Å². The molecule has 0 radical (unpaired) electrons. The van der Waals surface area contributed by atoms with Gasteiger partial charge < -0.3 is 14.8 Å². The molecule has 1 N–H and O–H groups in total. The van der Waals surface area contributed by atoms with Crippen LogP contribution in [0.15, 0.2) is 30.7 Å². The molecule has 4 rings (SSSR count). The van der Waals surface area contributed by atoms with E-state index in [-0.39, 0.29) is 24.3 Å². The van der Waals surface area contributed by atoms with Crippen LogP contribution < -0.4 is 10.1 Å². The number of nitrogens with zero attached hydrogens (tertiary/aromatic N) is 4. The molecule has 33 heavy (non-hydrogen) atoms. The van der Waals surface area contributed by atoms with Crippen LogP contribution in [0.25, 0.3) is 10.9 Å². The van der Waals surface area contributed by atoms with Crippen molar-refractivity contribution in [2.45, 2.75) is 45.0 Å². The van der Waals surface area contributed by atoms with Gasteiger partial charge >= 0.3 is 6.18 Å². The zero-order valence-corrected chi connectivity index (χ0v) is 18.1. The lowest BCUT2D eigenvalue weighted by Gasteiger charge is -2.11. The fourth-order valence-electron chi connectivity index (χ4n) is 3.71. The van der Waals surface area contributed by atoms with Crippen LogP contribution in [0.5, 0.6) is 5.88 Å². The molecule has 1 fully saturated rings. The van der Waals surface area contributed by atoms with Gasteiger partial charge in [-0.25, -0.2) is 4.98 Å². The maximum Gasteiger partial charge on any atom is 0.422 e. The van der Waals surface area contributed by atoms with Crippen LogP contribution in [0.4, 0.5) is 13.2 Å². The molecular weight excluding hydrogens is 439 g/mol. The molecule has 176 valence electrons. The minimum Gasteiger partial charge on any atom is -0.468 e. The van der Waals surface area contributed by atoms with Crippen molar-refractivity contribution in [3.8, 4) is 5.88 Å². The third-order valence-corrected chi connectivity index (χ3v) is 5.25. The molecule has 0 spiro atoms. The summed E-state index contributed by atoms with van der Waals surface area (Å²) in [5.41, 5.74) is 2.57. The van der Waals surface area contributed by atoms with Crippen molar-refractivity contribution in [2.75, 3.05) is 19.8 Å². The van der Waals surface area contributed by atoms with E-state index in [0.29, 0.717) is 29.9 Å². The first kappa shape index (κ1) is 23.0. The normalized spacial score (nSPS) is 16.3. The van der Waals surface area contributed by atoms with E-state index < -0.39 is 12.8 Å². The Kier molecular flexibility index (Phi) is 6.77. The van der Waals surface area contributed by atoms with Gasteiger partial charge in [0, 0.05) is 42.7 Å². The van der Waals surface area contributed by atoms with Gasteiger partial charge in [0.15, 0.2) is 6.61 Å². The molecule has 0 bridgehead atoms. The van der Waals surface area contributed by atoms with E-state index >= 15 is 0 Å². The fourth-order valence-corrected chi connectivity index (χ4v) is 3.71. The van der Waals surface area contributed by atoms with Crippen LogP contribution in [0, 0.1) is 6.92 Å². The summed E-state index contributed by atoms with van der Waals surface area (Å²) in [5.74, 6) is -0.185. The highest BCUT2D eigenvalue weighted by Gasteiger charge is 2.29. The number of hydrogen-bond acceptors (Lipinski definition) is 6. The van der Waals surface area contributed by atoms with E-state index in [1.165, 1.54) is 6.20 Å². The molecule has 8 nitrogen and oxygen atoms in total. The lowest BCUT2D eigenvalue weighted by atomic mass is 10.2. The minimum absolute atomic E-state index is 0.0535. The van der Waals surface area contributed by atoms with Crippen LogP contribution in [0.3, 0.4) is 0 Å². The van der Waals surface area contributed by atoms with Crippen molar-refractivity contribution >= 4 is 16.8 Å². The number of ether oxygens (including phenoxy) is 2. The molecule has 1 saturated heterocycles. The summed E-state index contributed by atoms with van der Waals surface area (Å²) in [7, 11) is 0. The van der Waals surface area contributed by atoms with Crippen molar-refractivity contribution in [1.82, 2.24) is 25.1 Å². The highest BCUT2D eigenvalue weighted by molar-refractivity contribution is 5.86. The number of pyridine rings is 2. The Morgan fingerprint density at radius 2 is 2.21 bits per heavy atom. The molecule has 0 aromatic carbocycles. The number of aryl methyl sites for hydroxylation is 1. The summed E-state index contributed by atoms with van der Waals surface area (Å²) in [4.78, 5) is 20.7. The van der Waals surface area contributed by atoms with Crippen LogP contribution in [0.2, 0.25) is 0 Å². The van der Waals surface area contributed by atoms with Gasteiger partial charge in [-0.3, -0.25) is 14.5 Å². The largest absolute Gasteiger partial charge is 0.468 e. The Bertz CT molecular complexity index is 1130. The molecule has 0 saturated carbocycles. The smallest absolute Gasteiger partial charge is 0.422 e. The highest BCUT2D eigenvalue weighted by atomic mass is 19.4. The van der Waals surface area contributed by atoms with Gasteiger partial charge in [0.25, 0.3) is 0 Å². The predicted octanol–water partition coefficient (Wildman–Crippen LogP) is 2.96. The molecular formula is C22H24F3N5O3. The van der Waals surface area contributed by atoms with E-state index in [4.69, 9.17) is 9.47 Å². The maximum absolute atomic E-state index is 12.4. The number of alkyl halides is 3. The number of carbonyl (C=O) groups is 1. The third-order valence-electron chi connectivity index (χ3n) is 5.25. The van der Waals surface area contributed by atoms with Gasteiger partial charge in [-0.2, -0.15) is 18.3 Å². The summed E-state index contributed by atoms with van der Waals surface area (Å²) in [5, 5.41) is 8.18. The average Bonchev–Trinajstić information content (AvgIpc) is 3.41. The number of rotatable bonds is 8. The zero-order valence-electron chi connectivity index (χ0n) is 18.1. The van der Waals surface area contributed by atoms with Crippen molar-refractivity contribution in [1.29, 1.82) is 0 Å². The first-order chi connectivity index (χ1) is 15.8. The molecule has 1 amide bonds. The standard InChI is InChI=1S/C22H24F3N5O3/c1-14-7-15(9-28-21(14)33-13-22(23,24)25)11-30-12-17-18(29-30)4-5-26-19(17)8-20(31)27-10-16-3-2-6-32-16/h4-5,7,9,12,16H,2-3,6,8,10-11,13H2,1H3,(H,27,31)/t16-/m0/s1. The fraction of sp³-hybridized carbons (Fsp3) is 0.455. The molecule has 1 aliphatic heterocycles. The van der Waals surface area contributed by atoms with Crippen molar-refractivity contribution in [3.05, 3.63) is 47.5 Å². The van der Waals surface area contributed by atoms with Crippen LogP contribution in [-0.2, 0) is 22.5 Å². The Balaban J connectivity index is 1.42. The highest BCUT2D eigenvalue weighted by Crippen LogP contribution is 2.22. The Hall–Kier alpha value is -3.21. The van der Waals surface area contributed by atoms with E-state index in [1.54, 1.807) is 36.1 Å². The van der Waals surface area contributed by atoms with Crippen molar-refractivity contribution < 1.29 is 27.4 Å². The van der Waals surface area contributed by atoms with Gasteiger partial charge in [-0.05, 0) is 37.5 Å². The molecule has 11 heteroatoms. The number of amides is 1. The monoisotopic (exact) mass is 463 g/mol. The zero-order chi connectivity index (χ0) is 23.4. The Labute approximate surface area is 188 Å². The second-order valence-electron chi connectivity index (χ2n) is 8.00. The molecule has 1 aliphatic rings. The summed E-state index contributed by atoms with van der Waals surface area (Å²) < 4.78 is 49.1. The molecule has 1 atom stereocenters. The Morgan fingerprint density at radius 1 is 1.36 bits per heavy atom. The van der Waals surface area contributed by atoms with Gasteiger partial charge in [0.1, 0.15) is 0 Å². The summed E-state index contributed by atoms with van der Waals surface area (Å²) in [6, 6.07) is 3.47. The van der Waals surface area contributed by atoms with E-state index in [1.807, 2.05) is 0 Å². The second-order valence-corrected chi connectivity index (χ2v) is 8.00. The number of aromatic nitrogens is 4. The number of hydrogen-bond donors (Lipinski definition) is 1. The third kappa shape index (κ3) is 6.19. The van der Waals surface area contributed by atoms with E-state index in [2.05, 4.69) is 20.4 Å². The quantitative estimate of drug-likeness (QED) is 0.553. The minimum atomic E-state index is -4.42. The van der Waals surface area contributed by atoms with Crippen molar-refractivity contribution in [3.63, 3.8) is 0 Å². The summed E-state index contributed by atoms with van der Waals surface area (Å²) in [6.45, 7) is 1.83.